The number of rotatable bonds is 9. The predicted molar refractivity (Wildman–Crippen MR) is 166 cm³/mol. The first-order chi connectivity index (χ1) is 20.5. The molecule has 0 atom stereocenters. The molecule has 1 saturated carbocycles. The Morgan fingerprint density at radius 1 is 1.02 bits per heavy atom. The van der Waals surface area contributed by atoms with Gasteiger partial charge in [0.15, 0.2) is 11.5 Å². The van der Waals surface area contributed by atoms with Gasteiger partial charge in [-0.2, -0.15) is 13.2 Å². The van der Waals surface area contributed by atoms with Gasteiger partial charge in [0.2, 0.25) is 0 Å². The number of alkyl halides is 3. The highest BCUT2D eigenvalue weighted by Crippen LogP contribution is 2.39. The van der Waals surface area contributed by atoms with Crippen LogP contribution in [0.5, 0.6) is 11.5 Å². The zero-order valence-corrected chi connectivity index (χ0v) is 24.1. The summed E-state index contributed by atoms with van der Waals surface area (Å²) in [4.78, 5) is 4.57. The van der Waals surface area contributed by atoms with Crippen LogP contribution in [0.2, 0.25) is 5.02 Å². The minimum absolute atomic E-state index is 0.249. The molecule has 220 valence electrons. The Balaban J connectivity index is 1.26. The number of benzene rings is 4. The molecule has 0 aliphatic heterocycles. The number of nitrogens with zero attached hydrogens (tertiary/aromatic N) is 1. The first-order valence-electron chi connectivity index (χ1n) is 13.7. The fraction of sp³-hybridized carbons (Fsp3) is 0.206. The van der Waals surface area contributed by atoms with E-state index in [0.717, 1.165) is 57.3 Å². The Morgan fingerprint density at radius 3 is 2.58 bits per heavy atom. The van der Waals surface area contributed by atoms with E-state index in [1.54, 1.807) is 13.3 Å². The lowest BCUT2D eigenvalue weighted by Crippen LogP contribution is -2.29. The summed E-state index contributed by atoms with van der Waals surface area (Å²) in [7, 11) is 1.62. The molecule has 1 aromatic heterocycles. The van der Waals surface area contributed by atoms with Crippen LogP contribution in [0.3, 0.4) is 0 Å². The number of ether oxygens (including phenoxy) is 2. The van der Waals surface area contributed by atoms with Gasteiger partial charge in [-0.05, 0) is 71.5 Å². The van der Waals surface area contributed by atoms with Crippen molar-refractivity contribution in [2.75, 3.05) is 19.0 Å². The maximum absolute atomic E-state index is 13.4. The van der Waals surface area contributed by atoms with Crippen LogP contribution >= 0.6 is 11.6 Å². The fourth-order valence-corrected chi connectivity index (χ4v) is 5.38. The summed E-state index contributed by atoms with van der Waals surface area (Å²) < 4.78 is 51.7. The Labute approximate surface area is 252 Å². The van der Waals surface area contributed by atoms with Gasteiger partial charge in [0.25, 0.3) is 0 Å². The average molecular weight is 604 g/mol. The number of hydrogen-bond acceptors (Lipinski definition) is 5. The van der Waals surface area contributed by atoms with Gasteiger partial charge in [-0.1, -0.05) is 54.6 Å². The SMILES string of the molecule is C=C(Nc1ccc(Cl)c(C(F)(F)F)c1)c1cccc2cc(Cc3ccnc4cc(OCC5(N)CC5)c(OC)cc34)ccc12. The van der Waals surface area contributed by atoms with Crippen LogP contribution in [0, 0.1) is 0 Å². The second kappa shape index (κ2) is 11.1. The largest absolute Gasteiger partial charge is 0.493 e. The number of fused-ring (bicyclic) bond motifs is 2. The monoisotopic (exact) mass is 603 g/mol. The van der Waals surface area contributed by atoms with Crippen molar-refractivity contribution < 1.29 is 22.6 Å². The Bertz CT molecular complexity index is 1870. The second-order valence-corrected chi connectivity index (χ2v) is 11.4. The number of aromatic nitrogens is 1. The molecule has 1 aliphatic rings. The van der Waals surface area contributed by atoms with Crippen molar-refractivity contribution in [1.82, 2.24) is 4.98 Å². The Morgan fingerprint density at radius 2 is 1.84 bits per heavy atom. The molecule has 0 saturated heterocycles. The summed E-state index contributed by atoms with van der Waals surface area (Å²) in [6.07, 6.45) is -0.215. The van der Waals surface area contributed by atoms with E-state index in [-0.39, 0.29) is 16.2 Å². The molecule has 0 bridgehead atoms. The molecule has 3 N–H and O–H groups in total. The molecule has 6 rings (SSSR count). The predicted octanol–water partition coefficient (Wildman–Crippen LogP) is 8.61. The minimum atomic E-state index is -4.56. The van der Waals surface area contributed by atoms with Crippen molar-refractivity contribution in [3.8, 4) is 11.5 Å². The molecule has 4 aromatic carbocycles. The van der Waals surface area contributed by atoms with E-state index in [1.807, 2.05) is 48.5 Å². The van der Waals surface area contributed by atoms with Crippen molar-refractivity contribution in [3.05, 3.63) is 113 Å². The first kappa shape index (κ1) is 28.8. The lowest BCUT2D eigenvalue weighted by atomic mass is 9.96. The Kier molecular flexibility index (Phi) is 7.44. The van der Waals surface area contributed by atoms with Crippen LogP contribution in [0.4, 0.5) is 18.9 Å². The highest BCUT2D eigenvalue weighted by molar-refractivity contribution is 6.31. The number of anilines is 1. The highest BCUT2D eigenvalue weighted by Gasteiger charge is 2.39. The summed E-state index contributed by atoms with van der Waals surface area (Å²) in [5, 5.41) is 5.52. The highest BCUT2D eigenvalue weighted by atomic mass is 35.5. The molecular formula is C34H29ClF3N3O2. The minimum Gasteiger partial charge on any atom is -0.493 e. The van der Waals surface area contributed by atoms with Gasteiger partial charge in [-0.3, -0.25) is 4.98 Å². The molecular weight excluding hydrogens is 575 g/mol. The standard InChI is InChI=1S/C34H29ClF3N3O2/c1-20(41-24-7-9-29(35)28(16-24)34(36,37)38)25-5-3-4-22-14-21(6-8-26(22)25)15-23-10-13-40-30-18-32(31(42-2)17-27(23)30)43-19-33(39)11-12-33/h3-10,13-14,16-18,41H,1,11-12,15,19,39H2,2H3. The fourth-order valence-electron chi connectivity index (χ4n) is 5.15. The number of methoxy groups -OCH3 is 1. The van der Waals surface area contributed by atoms with Crippen molar-refractivity contribution in [2.24, 2.45) is 5.73 Å². The third kappa shape index (κ3) is 6.12. The molecule has 5 aromatic rings. The number of pyridine rings is 1. The molecule has 0 amide bonds. The number of nitrogens with one attached hydrogen (secondary N) is 1. The molecule has 43 heavy (non-hydrogen) atoms. The zero-order valence-electron chi connectivity index (χ0n) is 23.4. The maximum Gasteiger partial charge on any atom is 0.417 e. The Hall–Kier alpha value is -4.27. The van der Waals surface area contributed by atoms with Gasteiger partial charge in [-0.25, -0.2) is 0 Å². The van der Waals surface area contributed by atoms with Crippen LogP contribution in [-0.2, 0) is 12.6 Å². The van der Waals surface area contributed by atoms with E-state index < -0.39 is 11.7 Å². The number of halogens is 4. The summed E-state index contributed by atoms with van der Waals surface area (Å²) in [5.74, 6) is 1.25. The van der Waals surface area contributed by atoms with E-state index in [2.05, 4.69) is 22.9 Å². The number of hydrogen-bond donors (Lipinski definition) is 2. The van der Waals surface area contributed by atoms with Crippen LogP contribution in [-0.4, -0.2) is 24.2 Å². The van der Waals surface area contributed by atoms with Crippen molar-refractivity contribution >= 4 is 44.7 Å². The summed E-state index contributed by atoms with van der Waals surface area (Å²) in [6.45, 7) is 4.54. The summed E-state index contributed by atoms with van der Waals surface area (Å²) >= 11 is 5.78. The normalized spacial score (nSPS) is 14.1. The second-order valence-electron chi connectivity index (χ2n) is 11.0. The van der Waals surface area contributed by atoms with Gasteiger partial charge in [0, 0.05) is 34.6 Å². The molecule has 1 aliphatic carbocycles. The van der Waals surface area contributed by atoms with Crippen molar-refractivity contribution in [3.63, 3.8) is 0 Å². The summed E-state index contributed by atoms with van der Waals surface area (Å²) in [6, 6.07) is 21.5. The molecule has 1 heterocycles. The lowest BCUT2D eigenvalue weighted by molar-refractivity contribution is -0.137. The van der Waals surface area contributed by atoms with E-state index in [0.29, 0.717) is 30.2 Å². The number of nitrogens with two attached hydrogens (primary N) is 1. The van der Waals surface area contributed by atoms with Gasteiger partial charge in [-0.15, -0.1) is 0 Å². The summed E-state index contributed by atoms with van der Waals surface area (Å²) in [5.41, 5.74) is 9.52. The van der Waals surface area contributed by atoms with Crippen molar-refractivity contribution in [2.45, 2.75) is 31.0 Å². The smallest absolute Gasteiger partial charge is 0.417 e. The topological polar surface area (TPSA) is 69.4 Å². The van der Waals surface area contributed by atoms with Crippen LogP contribution in [0.15, 0.2) is 85.6 Å². The van der Waals surface area contributed by atoms with Crippen LogP contribution in [0.25, 0.3) is 27.4 Å². The van der Waals surface area contributed by atoms with E-state index >= 15 is 0 Å². The third-order valence-electron chi connectivity index (χ3n) is 7.76. The molecule has 0 radical (unpaired) electrons. The van der Waals surface area contributed by atoms with Gasteiger partial charge in [0.1, 0.15) is 6.61 Å². The van der Waals surface area contributed by atoms with Gasteiger partial charge < -0.3 is 20.5 Å². The zero-order chi connectivity index (χ0) is 30.4. The average Bonchev–Trinajstić information content (AvgIpc) is 3.72. The molecule has 0 unspecified atom stereocenters. The van der Waals surface area contributed by atoms with E-state index in [9.17, 15) is 13.2 Å². The lowest BCUT2D eigenvalue weighted by Gasteiger charge is -2.16. The molecule has 1 fully saturated rings. The van der Waals surface area contributed by atoms with Gasteiger partial charge in [0.05, 0.1) is 28.8 Å². The van der Waals surface area contributed by atoms with Crippen molar-refractivity contribution in [1.29, 1.82) is 0 Å². The van der Waals surface area contributed by atoms with Crippen LogP contribution in [0.1, 0.15) is 35.1 Å². The molecule has 9 heteroatoms. The first-order valence-corrected chi connectivity index (χ1v) is 14.1. The van der Waals surface area contributed by atoms with E-state index in [4.69, 9.17) is 26.8 Å². The van der Waals surface area contributed by atoms with E-state index in [1.165, 1.54) is 12.1 Å². The molecule has 5 nitrogen and oxygen atoms in total. The third-order valence-corrected chi connectivity index (χ3v) is 8.09. The van der Waals surface area contributed by atoms with Gasteiger partial charge >= 0.3 is 6.18 Å². The maximum atomic E-state index is 13.4. The van der Waals surface area contributed by atoms with Crippen LogP contribution < -0.4 is 20.5 Å². The molecule has 0 spiro atoms. The quantitative estimate of drug-likeness (QED) is 0.176.